The van der Waals surface area contributed by atoms with Gasteiger partial charge in [0.05, 0.1) is 13.2 Å². The third-order valence-electron chi connectivity index (χ3n) is 3.35. The van der Waals surface area contributed by atoms with Gasteiger partial charge in [-0.2, -0.15) is 0 Å². The van der Waals surface area contributed by atoms with Crippen molar-refractivity contribution in [3.63, 3.8) is 0 Å². The van der Waals surface area contributed by atoms with Crippen molar-refractivity contribution < 1.29 is 19.1 Å². The molecule has 2 amide bonds. The lowest BCUT2D eigenvalue weighted by molar-refractivity contribution is 0.0947. The third kappa shape index (κ3) is 6.18. The SMILES string of the molecule is CCOC(=O)Nc1ccc(C(=O)NCCOc2ccc(C)cc2)cc1. The zero-order chi connectivity index (χ0) is 18.1. The molecule has 0 atom stereocenters. The third-order valence-corrected chi connectivity index (χ3v) is 3.35. The molecule has 0 aliphatic rings. The smallest absolute Gasteiger partial charge is 0.411 e. The van der Waals surface area contributed by atoms with Crippen LogP contribution in [0.1, 0.15) is 22.8 Å². The molecule has 0 fully saturated rings. The zero-order valence-corrected chi connectivity index (χ0v) is 14.4. The number of carbonyl (C=O) groups is 2. The van der Waals surface area contributed by atoms with Crippen LogP contribution in [0.4, 0.5) is 10.5 Å². The Kier molecular flexibility index (Phi) is 6.83. The van der Waals surface area contributed by atoms with E-state index >= 15 is 0 Å². The molecule has 2 aromatic carbocycles. The highest BCUT2D eigenvalue weighted by Gasteiger charge is 2.06. The Morgan fingerprint density at radius 3 is 2.32 bits per heavy atom. The molecule has 132 valence electrons. The molecule has 0 bridgehead atoms. The van der Waals surface area contributed by atoms with Crippen molar-refractivity contribution in [2.45, 2.75) is 13.8 Å². The fraction of sp³-hybridized carbons (Fsp3) is 0.263. The second kappa shape index (κ2) is 9.32. The largest absolute Gasteiger partial charge is 0.492 e. The van der Waals surface area contributed by atoms with Crippen molar-refractivity contribution in [2.24, 2.45) is 0 Å². The van der Waals surface area contributed by atoms with Gasteiger partial charge in [0.25, 0.3) is 5.91 Å². The molecule has 0 spiro atoms. The summed E-state index contributed by atoms with van der Waals surface area (Å²) in [6.07, 6.45) is -0.520. The van der Waals surface area contributed by atoms with Crippen LogP contribution >= 0.6 is 0 Å². The minimum Gasteiger partial charge on any atom is -0.492 e. The van der Waals surface area contributed by atoms with E-state index in [-0.39, 0.29) is 5.91 Å². The molecule has 6 nitrogen and oxygen atoms in total. The van der Waals surface area contributed by atoms with Gasteiger partial charge in [0.1, 0.15) is 12.4 Å². The summed E-state index contributed by atoms with van der Waals surface area (Å²) in [6.45, 7) is 4.83. The van der Waals surface area contributed by atoms with Gasteiger partial charge < -0.3 is 14.8 Å². The first-order chi connectivity index (χ1) is 12.1. The molecule has 0 unspecified atom stereocenters. The Morgan fingerprint density at radius 2 is 1.68 bits per heavy atom. The van der Waals surface area contributed by atoms with Crippen LogP contribution in [0.25, 0.3) is 0 Å². The first-order valence-corrected chi connectivity index (χ1v) is 8.10. The zero-order valence-electron chi connectivity index (χ0n) is 14.4. The number of aryl methyl sites for hydroxylation is 1. The molecule has 0 aromatic heterocycles. The average molecular weight is 342 g/mol. The Hall–Kier alpha value is -3.02. The number of rotatable bonds is 7. The van der Waals surface area contributed by atoms with Crippen molar-refractivity contribution in [3.8, 4) is 5.75 Å². The topological polar surface area (TPSA) is 76.7 Å². The Balaban J connectivity index is 1.74. The van der Waals surface area contributed by atoms with Crippen LogP contribution in [0.3, 0.4) is 0 Å². The summed E-state index contributed by atoms with van der Waals surface area (Å²) in [5.41, 5.74) is 2.24. The molecule has 0 aliphatic carbocycles. The highest BCUT2D eigenvalue weighted by Crippen LogP contribution is 2.11. The standard InChI is InChI=1S/C19H22N2O4/c1-3-24-19(23)21-16-8-6-15(7-9-16)18(22)20-12-13-25-17-10-4-14(2)5-11-17/h4-11H,3,12-13H2,1-2H3,(H,20,22)(H,21,23). The van der Waals surface area contributed by atoms with E-state index in [2.05, 4.69) is 10.6 Å². The van der Waals surface area contributed by atoms with Crippen molar-refractivity contribution in [1.82, 2.24) is 5.32 Å². The highest BCUT2D eigenvalue weighted by atomic mass is 16.5. The molecule has 0 heterocycles. The maximum absolute atomic E-state index is 12.1. The normalized spacial score (nSPS) is 10.0. The van der Waals surface area contributed by atoms with E-state index in [4.69, 9.17) is 9.47 Å². The number of nitrogens with one attached hydrogen (secondary N) is 2. The van der Waals surface area contributed by atoms with Crippen LogP contribution in [-0.4, -0.2) is 31.8 Å². The van der Waals surface area contributed by atoms with Gasteiger partial charge in [-0.1, -0.05) is 17.7 Å². The van der Waals surface area contributed by atoms with Crippen molar-refractivity contribution in [3.05, 3.63) is 59.7 Å². The van der Waals surface area contributed by atoms with Crippen LogP contribution < -0.4 is 15.4 Å². The quantitative estimate of drug-likeness (QED) is 0.756. The molecule has 0 radical (unpaired) electrons. The summed E-state index contributed by atoms with van der Waals surface area (Å²) in [7, 11) is 0. The van der Waals surface area contributed by atoms with E-state index in [1.807, 2.05) is 31.2 Å². The van der Waals surface area contributed by atoms with Crippen LogP contribution in [0.5, 0.6) is 5.75 Å². The monoisotopic (exact) mass is 342 g/mol. The van der Waals surface area contributed by atoms with E-state index in [9.17, 15) is 9.59 Å². The highest BCUT2D eigenvalue weighted by molar-refractivity contribution is 5.95. The summed E-state index contributed by atoms with van der Waals surface area (Å²) < 4.78 is 10.3. The van der Waals surface area contributed by atoms with Crippen molar-refractivity contribution in [1.29, 1.82) is 0 Å². The van der Waals surface area contributed by atoms with Gasteiger partial charge in [0, 0.05) is 11.3 Å². The Bertz CT molecular complexity index is 696. The number of hydrogen-bond acceptors (Lipinski definition) is 4. The minimum absolute atomic E-state index is 0.199. The lowest BCUT2D eigenvalue weighted by Crippen LogP contribution is -2.28. The number of anilines is 1. The molecule has 6 heteroatoms. The summed E-state index contributed by atoms with van der Waals surface area (Å²) in [5, 5.41) is 5.36. The second-order valence-corrected chi connectivity index (χ2v) is 5.34. The number of carbonyl (C=O) groups excluding carboxylic acids is 2. The predicted octanol–water partition coefficient (Wildman–Crippen LogP) is 3.37. The first kappa shape index (κ1) is 18.3. The Labute approximate surface area is 147 Å². The molecular formula is C19H22N2O4. The van der Waals surface area contributed by atoms with Crippen LogP contribution in [0, 0.1) is 6.92 Å². The van der Waals surface area contributed by atoms with Gasteiger partial charge in [0.15, 0.2) is 0 Å². The van der Waals surface area contributed by atoms with E-state index in [0.717, 1.165) is 5.75 Å². The molecule has 0 saturated carbocycles. The van der Waals surface area contributed by atoms with E-state index in [1.54, 1.807) is 31.2 Å². The van der Waals surface area contributed by atoms with E-state index in [0.29, 0.717) is 31.0 Å². The molecule has 0 aliphatic heterocycles. The van der Waals surface area contributed by atoms with Gasteiger partial charge in [-0.15, -0.1) is 0 Å². The summed E-state index contributed by atoms with van der Waals surface area (Å²) >= 11 is 0. The van der Waals surface area contributed by atoms with Crippen molar-refractivity contribution >= 4 is 17.7 Å². The van der Waals surface area contributed by atoms with E-state index in [1.165, 1.54) is 5.56 Å². The molecule has 25 heavy (non-hydrogen) atoms. The van der Waals surface area contributed by atoms with Gasteiger partial charge in [-0.05, 0) is 50.2 Å². The number of ether oxygens (including phenoxy) is 2. The maximum Gasteiger partial charge on any atom is 0.411 e. The Morgan fingerprint density at radius 1 is 1.00 bits per heavy atom. The molecule has 2 N–H and O–H groups in total. The van der Waals surface area contributed by atoms with E-state index < -0.39 is 6.09 Å². The van der Waals surface area contributed by atoms with Crippen LogP contribution in [0.2, 0.25) is 0 Å². The first-order valence-electron chi connectivity index (χ1n) is 8.10. The molecule has 0 saturated heterocycles. The van der Waals surface area contributed by atoms with Gasteiger partial charge in [-0.3, -0.25) is 10.1 Å². The average Bonchev–Trinajstić information content (AvgIpc) is 2.61. The predicted molar refractivity (Wildman–Crippen MR) is 96.1 cm³/mol. The minimum atomic E-state index is -0.520. The summed E-state index contributed by atoms with van der Waals surface area (Å²) in [5.74, 6) is 0.574. The number of amides is 2. The maximum atomic E-state index is 12.1. The van der Waals surface area contributed by atoms with Crippen LogP contribution in [-0.2, 0) is 4.74 Å². The molecule has 2 rings (SSSR count). The fourth-order valence-electron chi connectivity index (χ4n) is 2.06. The van der Waals surface area contributed by atoms with Gasteiger partial charge in [0.2, 0.25) is 0 Å². The van der Waals surface area contributed by atoms with Gasteiger partial charge in [-0.25, -0.2) is 4.79 Å². The lowest BCUT2D eigenvalue weighted by atomic mass is 10.2. The lowest BCUT2D eigenvalue weighted by Gasteiger charge is -2.09. The number of benzene rings is 2. The summed E-state index contributed by atoms with van der Waals surface area (Å²) in [6, 6.07) is 14.3. The summed E-state index contributed by atoms with van der Waals surface area (Å²) in [4.78, 5) is 23.4. The molecular weight excluding hydrogens is 320 g/mol. The van der Waals surface area contributed by atoms with Crippen molar-refractivity contribution in [2.75, 3.05) is 25.1 Å². The van der Waals surface area contributed by atoms with Gasteiger partial charge >= 0.3 is 6.09 Å². The molecule has 2 aromatic rings. The second-order valence-electron chi connectivity index (χ2n) is 5.34. The van der Waals surface area contributed by atoms with Crippen LogP contribution in [0.15, 0.2) is 48.5 Å². The fourth-order valence-corrected chi connectivity index (χ4v) is 2.06. The number of hydrogen-bond donors (Lipinski definition) is 2.